The number of anilines is 1. The van der Waals surface area contributed by atoms with Gasteiger partial charge in [-0.25, -0.2) is 9.37 Å². The number of carbonyl (C=O) groups excluding carboxylic acids is 1. The maximum absolute atomic E-state index is 13.3. The molecule has 0 fully saturated rings. The third kappa shape index (κ3) is 6.48. The van der Waals surface area contributed by atoms with Gasteiger partial charge in [0.05, 0.1) is 26.6 Å². The lowest BCUT2D eigenvalue weighted by atomic mass is 10.1. The largest absolute Gasteiger partial charge is 0.481 e. The molecule has 4 aromatic rings. The van der Waals surface area contributed by atoms with Crippen molar-refractivity contribution in [1.29, 1.82) is 0 Å². The smallest absolute Gasteiger partial charge is 0.282 e. The molecule has 0 saturated heterocycles. The molecular weight excluding hydrogens is 643 g/mol. The molecule has 196 valence electrons. The van der Waals surface area contributed by atoms with Gasteiger partial charge in [0, 0.05) is 16.1 Å². The van der Waals surface area contributed by atoms with E-state index in [2.05, 4.69) is 42.3 Å². The number of nitrogens with zero attached hydrogens (tertiary/aromatic N) is 3. The first-order valence-corrected chi connectivity index (χ1v) is 13.6. The van der Waals surface area contributed by atoms with E-state index in [9.17, 15) is 14.0 Å². The van der Waals surface area contributed by atoms with Gasteiger partial charge in [0.1, 0.15) is 11.6 Å². The maximum Gasteiger partial charge on any atom is 0.282 e. The summed E-state index contributed by atoms with van der Waals surface area (Å²) in [5.41, 5.74) is 1.23. The Kier molecular flexibility index (Phi) is 8.96. The number of aromatic nitrogens is 2. The van der Waals surface area contributed by atoms with E-state index >= 15 is 0 Å². The van der Waals surface area contributed by atoms with Gasteiger partial charge >= 0.3 is 0 Å². The molecule has 38 heavy (non-hydrogen) atoms. The second-order valence-corrected chi connectivity index (χ2v) is 10.6. The van der Waals surface area contributed by atoms with E-state index < -0.39 is 11.7 Å². The number of nitrogens with one attached hydrogen (secondary N) is 1. The van der Waals surface area contributed by atoms with Crippen LogP contribution in [0.1, 0.15) is 37.6 Å². The number of rotatable bonds is 8. The zero-order valence-corrected chi connectivity index (χ0v) is 24.3. The Bertz CT molecular complexity index is 1590. The molecule has 1 aromatic heterocycles. The minimum absolute atomic E-state index is 0.00229. The second-order valence-electron chi connectivity index (χ2n) is 8.46. The van der Waals surface area contributed by atoms with Crippen molar-refractivity contribution in [3.63, 3.8) is 0 Å². The van der Waals surface area contributed by atoms with E-state index in [1.54, 1.807) is 30.3 Å². The Morgan fingerprint density at radius 3 is 2.74 bits per heavy atom. The Labute approximate surface area is 239 Å². The summed E-state index contributed by atoms with van der Waals surface area (Å²) in [4.78, 5) is 30.2. The molecule has 0 aliphatic rings. The number of hydrogen-bond donors (Lipinski definition) is 1. The van der Waals surface area contributed by atoms with Crippen LogP contribution >= 0.6 is 43.5 Å². The van der Waals surface area contributed by atoms with Crippen molar-refractivity contribution in [3.8, 4) is 5.75 Å². The summed E-state index contributed by atoms with van der Waals surface area (Å²) in [5.74, 6) is -0.127. The minimum atomic E-state index is -0.475. The highest BCUT2D eigenvalue weighted by molar-refractivity contribution is 9.10. The van der Waals surface area contributed by atoms with Crippen molar-refractivity contribution in [2.24, 2.45) is 5.10 Å². The standard InChI is InChI=1S/C27H22Br2ClFN4O3/c1-3-15(2)26-34-23-8-7-17(28)11-20(23)27(37)35(26)32-13-16-9-21(29)25(22(30)10-16)38-14-24(36)33-19-6-4-5-18(31)12-19/h4-13,15H,3,14H2,1-2H3,(H,33,36)/t15-/m1/s1. The quantitative estimate of drug-likeness (QED) is 0.203. The number of ether oxygens (including phenoxy) is 1. The van der Waals surface area contributed by atoms with Crippen LogP contribution in [0, 0.1) is 5.82 Å². The third-order valence-electron chi connectivity index (χ3n) is 5.69. The molecular formula is C27H22Br2ClFN4O3. The molecule has 4 rings (SSSR count). The van der Waals surface area contributed by atoms with E-state index in [4.69, 9.17) is 21.3 Å². The number of halogens is 4. The molecule has 1 N–H and O–H groups in total. The lowest BCUT2D eigenvalue weighted by molar-refractivity contribution is -0.118. The predicted octanol–water partition coefficient (Wildman–Crippen LogP) is 7.13. The van der Waals surface area contributed by atoms with Crippen molar-refractivity contribution in [2.45, 2.75) is 26.2 Å². The van der Waals surface area contributed by atoms with Gasteiger partial charge < -0.3 is 10.1 Å². The van der Waals surface area contributed by atoms with Crippen LogP contribution in [0.25, 0.3) is 10.9 Å². The SMILES string of the molecule is CC[C@@H](C)c1nc2ccc(Br)cc2c(=O)n1N=Cc1cc(Cl)c(OCC(=O)Nc2cccc(F)c2)c(Br)c1. The predicted molar refractivity (Wildman–Crippen MR) is 155 cm³/mol. The summed E-state index contributed by atoms with van der Waals surface area (Å²) in [5, 5.41) is 7.69. The minimum Gasteiger partial charge on any atom is -0.481 e. The summed E-state index contributed by atoms with van der Waals surface area (Å²) >= 11 is 13.2. The molecule has 0 aliphatic heterocycles. The average Bonchev–Trinajstić information content (AvgIpc) is 2.87. The van der Waals surface area contributed by atoms with E-state index in [1.165, 1.54) is 29.1 Å². The van der Waals surface area contributed by atoms with Gasteiger partial charge in [-0.1, -0.05) is 47.4 Å². The Morgan fingerprint density at radius 2 is 2.03 bits per heavy atom. The highest BCUT2D eigenvalue weighted by atomic mass is 79.9. The summed E-state index contributed by atoms with van der Waals surface area (Å²) in [6, 6.07) is 14.2. The number of carbonyl (C=O) groups is 1. The number of amides is 1. The normalized spacial score (nSPS) is 12.2. The molecule has 0 saturated carbocycles. The molecule has 0 bridgehead atoms. The van der Waals surface area contributed by atoms with Gasteiger partial charge in [-0.15, -0.1) is 0 Å². The molecule has 0 spiro atoms. The van der Waals surface area contributed by atoms with Gasteiger partial charge in [0.25, 0.3) is 11.5 Å². The van der Waals surface area contributed by atoms with Crippen LogP contribution in [0.2, 0.25) is 5.02 Å². The van der Waals surface area contributed by atoms with Crippen LogP contribution in [0.4, 0.5) is 10.1 Å². The first-order valence-electron chi connectivity index (χ1n) is 11.6. The van der Waals surface area contributed by atoms with Crippen LogP contribution in [-0.2, 0) is 4.79 Å². The monoisotopic (exact) mass is 662 g/mol. The summed E-state index contributed by atoms with van der Waals surface area (Å²) in [6.45, 7) is 3.67. The first kappa shape index (κ1) is 27.9. The van der Waals surface area contributed by atoms with E-state index in [-0.39, 0.29) is 28.9 Å². The third-order valence-corrected chi connectivity index (χ3v) is 7.05. The van der Waals surface area contributed by atoms with Crippen LogP contribution in [-0.4, -0.2) is 28.4 Å². The second kappa shape index (κ2) is 12.2. The van der Waals surface area contributed by atoms with Gasteiger partial charge in [0.15, 0.2) is 12.4 Å². The van der Waals surface area contributed by atoms with Crippen LogP contribution in [0.15, 0.2) is 73.4 Å². The van der Waals surface area contributed by atoms with Crippen LogP contribution < -0.4 is 15.6 Å². The van der Waals surface area contributed by atoms with Gasteiger partial charge in [-0.3, -0.25) is 9.59 Å². The average molecular weight is 665 g/mol. The fourth-order valence-electron chi connectivity index (χ4n) is 3.60. The fraction of sp³-hybridized carbons (Fsp3) is 0.185. The molecule has 7 nitrogen and oxygen atoms in total. The van der Waals surface area contributed by atoms with Gasteiger partial charge in [-0.2, -0.15) is 9.78 Å². The zero-order valence-electron chi connectivity index (χ0n) is 20.3. The number of fused-ring (bicyclic) bond motifs is 1. The molecule has 0 aliphatic carbocycles. The summed E-state index contributed by atoms with van der Waals surface area (Å²) < 4.78 is 21.5. The van der Waals surface area contributed by atoms with Crippen molar-refractivity contribution < 1.29 is 13.9 Å². The number of benzene rings is 3. The Balaban J connectivity index is 1.57. The molecule has 1 amide bonds. The zero-order chi connectivity index (χ0) is 27.4. The van der Waals surface area contributed by atoms with Crippen LogP contribution in [0.3, 0.4) is 0 Å². The molecule has 3 aromatic carbocycles. The van der Waals surface area contributed by atoms with Crippen molar-refractivity contribution in [1.82, 2.24) is 9.66 Å². The van der Waals surface area contributed by atoms with Crippen molar-refractivity contribution in [3.05, 3.63) is 96.1 Å². The lowest BCUT2D eigenvalue weighted by Gasteiger charge is -2.14. The lowest BCUT2D eigenvalue weighted by Crippen LogP contribution is -2.23. The van der Waals surface area contributed by atoms with Crippen LogP contribution in [0.5, 0.6) is 5.75 Å². The van der Waals surface area contributed by atoms with Crippen molar-refractivity contribution in [2.75, 3.05) is 11.9 Å². The van der Waals surface area contributed by atoms with E-state index in [0.29, 0.717) is 32.5 Å². The molecule has 0 radical (unpaired) electrons. The maximum atomic E-state index is 13.3. The first-order chi connectivity index (χ1) is 18.2. The fourth-order valence-corrected chi connectivity index (χ4v) is 4.95. The van der Waals surface area contributed by atoms with E-state index in [0.717, 1.165) is 10.9 Å². The van der Waals surface area contributed by atoms with Crippen molar-refractivity contribution >= 4 is 72.2 Å². The topological polar surface area (TPSA) is 85.6 Å². The van der Waals surface area contributed by atoms with E-state index in [1.807, 2.05) is 19.9 Å². The molecule has 1 heterocycles. The van der Waals surface area contributed by atoms with Gasteiger partial charge in [-0.05, 0) is 76.4 Å². The summed E-state index contributed by atoms with van der Waals surface area (Å²) in [7, 11) is 0. The molecule has 1 atom stereocenters. The Hall–Kier alpha value is -3.08. The highest BCUT2D eigenvalue weighted by Gasteiger charge is 2.16. The number of hydrogen-bond acceptors (Lipinski definition) is 5. The summed E-state index contributed by atoms with van der Waals surface area (Å²) in [6.07, 6.45) is 2.29. The van der Waals surface area contributed by atoms with Gasteiger partial charge in [0.2, 0.25) is 0 Å². The molecule has 0 unspecified atom stereocenters. The Morgan fingerprint density at radius 1 is 1.24 bits per heavy atom. The highest BCUT2D eigenvalue weighted by Crippen LogP contribution is 2.34. The molecule has 11 heteroatoms.